The number of hydrogen-bond donors (Lipinski definition) is 1. The monoisotopic (exact) mass is 287 g/mol. The van der Waals surface area contributed by atoms with E-state index in [1.807, 2.05) is 11.3 Å². The van der Waals surface area contributed by atoms with Crippen LogP contribution >= 0.6 is 27.3 Å². The summed E-state index contributed by atoms with van der Waals surface area (Å²) in [4.78, 5) is 1.47. The Balaban J connectivity index is 2.12. The minimum Gasteiger partial charge on any atom is -0.330 e. The number of thiophene rings is 1. The molecule has 0 aliphatic heterocycles. The van der Waals surface area contributed by atoms with Crippen molar-refractivity contribution in [3.8, 4) is 0 Å². The van der Waals surface area contributed by atoms with Gasteiger partial charge in [0, 0.05) is 9.35 Å². The standard InChI is InChI=1S/C12H18BrNS/c1-9-2-4-12(6-9,8-14)7-11-10(13)3-5-15-11/h3,5,9H,2,4,6-8,14H2,1H3. The molecule has 1 aromatic heterocycles. The van der Waals surface area contributed by atoms with Gasteiger partial charge in [-0.2, -0.15) is 0 Å². The third-order valence-electron chi connectivity index (χ3n) is 3.61. The summed E-state index contributed by atoms with van der Waals surface area (Å²) in [6, 6.07) is 2.14. The summed E-state index contributed by atoms with van der Waals surface area (Å²) in [6.45, 7) is 3.18. The molecule has 3 heteroatoms. The van der Waals surface area contributed by atoms with E-state index >= 15 is 0 Å². The van der Waals surface area contributed by atoms with E-state index in [4.69, 9.17) is 5.73 Å². The van der Waals surface area contributed by atoms with Crippen LogP contribution in [0.3, 0.4) is 0 Å². The fourth-order valence-corrected chi connectivity index (χ4v) is 4.37. The van der Waals surface area contributed by atoms with Gasteiger partial charge in [0.05, 0.1) is 0 Å². The molecular weight excluding hydrogens is 270 g/mol. The molecule has 0 spiro atoms. The maximum atomic E-state index is 5.99. The molecule has 2 N–H and O–H groups in total. The second-order valence-corrected chi connectivity index (χ2v) is 6.78. The lowest BCUT2D eigenvalue weighted by Crippen LogP contribution is -2.30. The van der Waals surface area contributed by atoms with Crippen LogP contribution in [0.1, 0.15) is 31.1 Å². The zero-order valence-corrected chi connectivity index (χ0v) is 11.5. The summed E-state index contributed by atoms with van der Waals surface area (Å²) >= 11 is 5.46. The second kappa shape index (κ2) is 4.56. The quantitative estimate of drug-likeness (QED) is 0.899. The van der Waals surface area contributed by atoms with Crippen molar-refractivity contribution in [2.45, 2.75) is 32.6 Å². The van der Waals surface area contributed by atoms with Crippen molar-refractivity contribution in [1.82, 2.24) is 0 Å². The van der Waals surface area contributed by atoms with E-state index in [0.717, 1.165) is 18.9 Å². The minimum atomic E-state index is 0.382. The summed E-state index contributed by atoms with van der Waals surface area (Å²) < 4.78 is 1.26. The lowest BCUT2D eigenvalue weighted by Gasteiger charge is -2.27. The number of halogens is 1. The fourth-order valence-electron chi connectivity index (χ4n) is 2.71. The van der Waals surface area contributed by atoms with Gasteiger partial charge in [-0.3, -0.25) is 0 Å². The van der Waals surface area contributed by atoms with Crippen LogP contribution in [0.4, 0.5) is 0 Å². The van der Waals surface area contributed by atoms with Gasteiger partial charge in [-0.05, 0) is 64.5 Å². The molecule has 1 aliphatic rings. The first-order valence-electron chi connectivity index (χ1n) is 5.57. The van der Waals surface area contributed by atoms with E-state index in [9.17, 15) is 0 Å². The first-order chi connectivity index (χ1) is 7.15. The smallest absolute Gasteiger partial charge is 0.0314 e. The molecule has 1 aromatic rings. The van der Waals surface area contributed by atoms with Crippen LogP contribution < -0.4 is 5.73 Å². The predicted molar refractivity (Wildman–Crippen MR) is 70.2 cm³/mol. The fraction of sp³-hybridized carbons (Fsp3) is 0.667. The highest BCUT2D eigenvalue weighted by molar-refractivity contribution is 9.10. The summed E-state index contributed by atoms with van der Waals surface area (Å²) in [5, 5.41) is 2.15. The van der Waals surface area contributed by atoms with Gasteiger partial charge in [-0.15, -0.1) is 11.3 Å². The Kier molecular flexibility index (Phi) is 3.53. The van der Waals surface area contributed by atoms with Crippen LogP contribution in [-0.4, -0.2) is 6.54 Å². The Morgan fingerprint density at radius 1 is 1.67 bits per heavy atom. The van der Waals surface area contributed by atoms with Gasteiger partial charge in [0.25, 0.3) is 0 Å². The normalized spacial score (nSPS) is 31.0. The predicted octanol–water partition coefficient (Wildman–Crippen LogP) is 3.82. The molecule has 0 saturated heterocycles. The number of hydrogen-bond acceptors (Lipinski definition) is 2. The first kappa shape index (κ1) is 11.6. The Hall–Kier alpha value is 0.140. The Labute approximate surface area is 104 Å². The molecule has 1 saturated carbocycles. The minimum absolute atomic E-state index is 0.382. The van der Waals surface area contributed by atoms with E-state index < -0.39 is 0 Å². The average molecular weight is 288 g/mol. The third-order valence-corrected chi connectivity index (χ3v) is 5.53. The van der Waals surface area contributed by atoms with Crippen molar-refractivity contribution >= 4 is 27.3 Å². The largest absolute Gasteiger partial charge is 0.330 e. The van der Waals surface area contributed by atoms with Crippen molar-refractivity contribution in [3.63, 3.8) is 0 Å². The lowest BCUT2D eigenvalue weighted by atomic mass is 9.81. The van der Waals surface area contributed by atoms with E-state index in [0.29, 0.717) is 5.41 Å². The molecule has 0 radical (unpaired) electrons. The average Bonchev–Trinajstić information content (AvgIpc) is 2.76. The zero-order valence-electron chi connectivity index (χ0n) is 9.13. The topological polar surface area (TPSA) is 26.0 Å². The molecule has 1 heterocycles. The van der Waals surface area contributed by atoms with Gasteiger partial charge in [-0.1, -0.05) is 13.3 Å². The second-order valence-electron chi connectivity index (χ2n) is 4.92. The molecule has 1 nitrogen and oxygen atoms in total. The van der Waals surface area contributed by atoms with E-state index in [1.165, 1.54) is 28.6 Å². The van der Waals surface area contributed by atoms with Crippen LogP contribution in [0.2, 0.25) is 0 Å². The van der Waals surface area contributed by atoms with Crippen molar-refractivity contribution in [3.05, 3.63) is 20.8 Å². The highest BCUT2D eigenvalue weighted by Gasteiger charge is 2.36. The molecule has 2 atom stereocenters. The molecule has 0 amide bonds. The van der Waals surface area contributed by atoms with Crippen LogP contribution in [0.5, 0.6) is 0 Å². The molecule has 1 fully saturated rings. The van der Waals surface area contributed by atoms with Crippen molar-refractivity contribution in [2.75, 3.05) is 6.54 Å². The maximum absolute atomic E-state index is 5.99. The van der Waals surface area contributed by atoms with Gasteiger partial charge >= 0.3 is 0 Å². The van der Waals surface area contributed by atoms with Crippen molar-refractivity contribution < 1.29 is 0 Å². The van der Waals surface area contributed by atoms with E-state index in [2.05, 4.69) is 34.3 Å². The molecule has 15 heavy (non-hydrogen) atoms. The van der Waals surface area contributed by atoms with Gasteiger partial charge in [-0.25, -0.2) is 0 Å². The Morgan fingerprint density at radius 3 is 2.93 bits per heavy atom. The van der Waals surface area contributed by atoms with Gasteiger partial charge < -0.3 is 5.73 Å². The molecule has 2 rings (SSSR count). The summed E-state index contributed by atoms with van der Waals surface area (Å²) in [7, 11) is 0. The number of nitrogens with two attached hydrogens (primary N) is 1. The number of rotatable bonds is 3. The Bertz CT molecular complexity index is 336. The molecular formula is C12H18BrNS. The van der Waals surface area contributed by atoms with Gasteiger partial charge in [0.1, 0.15) is 0 Å². The third kappa shape index (κ3) is 2.45. The van der Waals surface area contributed by atoms with Crippen LogP contribution in [0, 0.1) is 11.3 Å². The molecule has 0 aromatic carbocycles. The van der Waals surface area contributed by atoms with Gasteiger partial charge in [0.2, 0.25) is 0 Å². The highest BCUT2D eigenvalue weighted by atomic mass is 79.9. The summed E-state index contributed by atoms with van der Waals surface area (Å²) in [5.74, 6) is 0.854. The zero-order chi connectivity index (χ0) is 10.9. The molecule has 0 bridgehead atoms. The molecule has 84 valence electrons. The molecule has 1 aliphatic carbocycles. The lowest BCUT2D eigenvalue weighted by molar-refractivity contribution is 0.297. The maximum Gasteiger partial charge on any atom is 0.0314 e. The van der Waals surface area contributed by atoms with E-state index in [-0.39, 0.29) is 0 Å². The molecule has 2 unspecified atom stereocenters. The highest BCUT2D eigenvalue weighted by Crippen LogP contribution is 2.44. The van der Waals surface area contributed by atoms with Crippen molar-refractivity contribution in [2.24, 2.45) is 17.1 Å². The first-order valence-corrected chi connectivity index (χ1v) is 7.24. The van der Waals surface area contributed by atoms with E-state index in [1.54, 1.807) is 0 Å². The Morgan fingerprint density at radius 2 is 2.47 bits per heavy atom. The van der Waals surface area contributed by atoms with Crippen LogP contribution in [-0.2, 0) is 6.42 Å². The summed E-state index contributed by atoms with van der Waals surface area (Å²) in [6.07, 6.45) is 5.11. The SMILES string of the molecule is CC1CCC(CN)(Cc2sccc2Br)C1. The van der Waals surface area contributed by atoms with Crippen molar-refractivity contribution in [1.29, 1.82) is 0 Å². The van der Waals surface area contributed by atoms with Crippen LogP contribution in [0.25, 0.3) is 0 Å². The van der Waals surface area contributed by atoms with Gasteiger partial charge in [0.15, 0.2) is 0 Å². The van der Waals surface area contributed by atoms with Crippen LogP contribution in [0.15, 0.2) is 15.9 Å². The summed E-state index contributed by atoms with van der Waals surface area (Å²) in [5.41, 5.74) is 6.37.